The quantitative estimate of drug-likeness (QED) is 0.726. The van der Waals surface area contributed by atoms with Crippen molar-refractivity contribution in [3.63, 3.8) is 0 Å². The van der Waals surface area contributed by atoms with E-state index in [0.29, 0.717) is 6.61 Å². The van der Waals surface area contributed by atoms with Crippen LogP contribution in [0.25, 0.3) is 0 Å². The largest absolute Gasteiger partial charge is 0.496 e. The molecular formula is C13H20O3S. The van der Waals surface area contributed by atoms with Crippen molar-refractivity contribution >= 4 is 11.8 Å². The van der Waals surface area contributed by atoms with Gasteiger partial charge < -0.3 is 14.6 Å². The molecule has 17 heavy (non-hydrogen) atoms. The third kappa shape index (κ3) is 4.98. The van der Waals surface area contributed by atoms with Gasteiger partial charge in [0.05, 0.1) is 19.8 Å². The minimum atomic E-state index is -0.107. The van der Waals surface area contributed by atoms with Gasteiger partial charge >= 0.3 is 0 Å². The van der Waals surface area contributed by atoms with Crippen molar-refractivity contribution in [1.29, 1.82) is 0 Å². The number of benzene rings is 1. The van der Waals surface area contributed by atoms with Gasteiger partial charge in [-0.1, -0.05) is 19.1 Å². The first kappa shape index (κ1) is 14.4. The Morgan fingerprint density at radius 3 is 2.76 bits per heavy atom. The molecule has 0 aliphatic heterocycles. The van der Waals surface area contributed by atoms with E-state index >= 15 is 0 Å². The fourth-order valence-electron chi connectivity index (χ4n) is 1.36. The highest BCUT2D eigenvalue weighted by molar-refractivity contribution is 7.99. The van der Waals surface area contributed by atoms with Crippen LogP contribution in [-0.4, -0.2) is 37.3 Å². The van der Waals surface area contributed by atoms with Crippen LogP contribution in [0.3, 0.4) is 0 Å². The number of para-hydroxylation sites is 1. The molecule has 0 spiro atoms. The van der Waals surface area contributed by atoms with Crippen LogP contribution in [-0.2, 0) is 4.74 Å². The Kier molecular flexibility index (Phi) is 7.08. The summed E-state index contributed by atoms with van der Waals surface area (Å²) in [5.74, 6) is 1.60. The zero-order valence-corrected chi connectivity index (χ0v) is 11.2. The predicted molar refractivity (Wildman–Crippen MR) is 70.8 cm³/mol. The second-order valence-corrected chi connectivity index (χ2v) is 4.70. The second-order valence-electron chi connectivity index (χ2n) is 3.64. The molecule has 0 aliphatic carbocycles. The molecule has 0 radical (unpaired) electrons. The summed E-state index contributed by atoms with van der Waals surface area (Å²) >= 11 is 1.64. The van der Waals surface area contributed by atoms with E-state index in [-0.39, 0.29) is 12.7 Å². The topological polar surface area (TPSA) is 38.7 Å². The SMILES string of the molecule is CCCO[C@@H](CO)CSc1ccccc1OC. The number of thioether (sulfide) groups is 1. The number of hydrogen-bond donors (Lipinski definition) is 1. The molecule has 0 aliphatic rings. The number of ether oxygens (including phenoxy) is 2. The smallest absolute Gasteiger partial charge is 0.132 e. The van der Waals surface area contributed by atoms with Crippen molar-refractivity contribution in [2.24, 2.45) is 0 Å². The third-order valence-electron chi connectivity index (χ3n) is 2.26. The van der Waals surface area contributed by atoms with Gasteiger partial charge in [0, 0.05) is 17.3 Å². The van der Waals surface area contributed by atoms with E-state index in [9.17, 15) is 5.11 Å². The van der Waals surface area contributed by atoms with Crippen molar-refractivity contribution in [3.05, 3.63) is 24.3 Å². The minimum Gasteiger partial charge on any atom is -0.496 e. The van der Waals surface area contributed by atoms with Crippen molar-refractivity contribution < 1.29 is 14.6 Å². The first-order valence-electron chi connectivity index (χ1n) is 5.80. The van der Waals surface area contributed by atoms with E-state index in [4.69, 9.17) is 9.47 Å². The molecule has 1 N–H and O–H groups in total. The van der Waals surface area contributed by atoms with Gasteiger partial charge in [-0.15, -0.1) is 11.8 Å². The van der Waals surface area contributed by atoms with Crippen LogP contribution in [0.5, 0.6) is 5.75 Å². The fourth-order valence-corrected chi connectivity index (χ4v) is 2.39. The lowest BCUT2D eigenvalue weighted by Gasteiger charge is -2.15. The lowest BCUT2D eigenvalue weighted by molar-refractivity contribution is 0.0284. The number of methoxy groups -OCH3 is 1. The highest BCUT2D eigenvalue weighted by Crippen LogP contribution is 2.29. The van der Waals surface area contributed by atoms with Crippen LogP contribution < -0.4 is 4.74 Å². The van der Waals surface area contributed by atoms with Gasteiger partial charge in [-0.2, -0.15) is 0 Å². The van der Waals surface area contributed by atoms with E-state index in [0.717, 1.165) is 22.8 Å². The zero-order valence-electron chi connectivity index (χ0n) is 10.4. The molecule has 0 amide bonds. The lowest BCUT2D eigenvalue weighted by atomic mass is 10.3. The van der Waals surface area contributed by atoms with Crippen molar-refractivity contribution in [3.8, 4) is 5.75 Å². The zero-order chi connectivity index (χ0) is 12.5. The molecule has 3 nitrogen and oxygen atoms in total. The average molecular weight is 256 g/mol. The lowest BCUT2D eigenvalue weighted by Crippen LogP contribution is -2.20. The predicted octanol–water partition coefficient (Wildman–Crippen LogP) is 2.57. The van der Waals surface area contributed by atoms with Gasteiger partial charge in [0.1, 0.15) is 5.75 Å². The molecule has 1 rings (SSSR count). The Hall–Kier alpha value is -0.710. The van der Waals surface area contributed by atoms with E-state index in [1.807, 2.05) is 24.3 Å². The summed E-state index contributed by atoms with van der Waals surface area (Å²) in [7, 11) is 1.66. The van der Waals surface area contributed by atoms with Gasteiger partial charge in [-0.05, 0) is 18.6 Å². The molecule has 1 aromatic carbocycles. The van der Waals surface area contributed by atoms with E-state index in [1.54, 1.807) is 18.9 Å². The molecule has 0 saturated heterocycles. The monoisotopic (exact) mass is 256 g/mol. The van der Waals surface area contributed by atoms with Crippen molar-refractivity contribution in [2.45, 2.75) is 24.3 Å². The maximum absolute atomic E-state index is 9.19. The molecule has 96 valence electrons. The molecular weight excluding hydrogens is 236 g/mol. The molecule has 0 fully saturated rings. The van der Waals surface area contributed by atoms with Crippen LogP contribution in [0.4, 0.5) is 0 Å². The standard InChI is InChI=1S/C13H20O3S/c1-3-8-16-11(9-14)10-17-13-7-5-4-6-12(13)15-2/h4-7,11,14H,3,8-10H2,1-2H3/t11-/m0/s1. The summed E-state index contributed by atoms with van der Waals surface area (Å²) in [6.07, 6.45) is 0.861. The highest BCUT2D eigenvalue weighted by Gasteiger charge is 2.10. The van der Waals surface area contributed by atoms with Crippen LogP contribution in [0, 0.1) is 0 Å². The van der Waals surface area contributed by atoms with Gasteiger partial charge in [-0.3, -0.25) is 0 Å². The van der Waals surface area contributed by atoms with Crippen LogP contribution >= 0.6 is 11.8 Å². The summed E-state index contributed by atoms with van der Waals surface area (Å²) in [6.45, 7) is 2.81. The summed E-state index contributed by atoms with van der Waals surface area (Å²) in [4.78, 5) is 1.08. The molecule has 0 unspecified atom stereocenters. The summed E-state index contributed by atoms with van der Waals surface area (Å²) in [5.41, 5.74) is 0. The van der Waals surface area contributed by atoms with Gasteiger partial charge in [0.2, 0.25) is 0 Å². The number of aliphatic hydroxyl groups excluding tert-OH is 1. The van der Waals surface area contributed by atoms with Crippen molar-refractivity contribution in [2.75, 3.05) is 26.1 Å². The Labute approximate surface area is 107 Å². The highest BCUT2D eigenvalue weighted by atomic mass is 32.2. The van der Waals surface area contributed by atoms with Gasteiger partial charge in [0.15, 0.2) is 0 Å². The van der Waals surface area contributed by atoms with Gasteiger partial charge in [0.25, 0.3) is 0 Å². The molecule has 0 bridgehead atoms. The summed E-state index contributed by atoms with van der Waals surface area (Å²) in [6, 6.07) is 7.87. The summed E-state index contributed by atoms with van der Waals surface area (Å²) in [5, 5.41) is 9.19. The normalized spacial score (nSPS) is 12.4. The third-order valence-corrected chi connectivity index (χ3v) is 3.44. The maximum atomic E-state index is 9.19. The van der Waals surface area contributed by atoms with E-state index in [1.165, 1.54) is 0 Å². The molecule has 0 heterocycles. The van der Waals surface area contributed by atoms with Crippen LogP contribution in [0.1, 0.15) is 13.3 Å². The number of aliphatic hydroxyl groups is 1. The Morgan fingerprint density at radius 1 is 1.35 bits per heavy atom. The Balaban J connectivity index is 2.47. The summed E-state index contributed by atoms with van der Waals surface area (Å²) < 4.78 is 10.8. The molecule has 1 atom stereocenters. The molecule has 1 aromatic rings. The van der Waals surface area contributed by atoms with Crippen molar-refractivity contribution in [1.82, 2.24) is 0 Å². The molecule has 4 heteroatoms. The maximum Gasteiger partial charge on any atom is 0.132 e. The van der Waals surface area contributed by atoms with E-state index in [2.05, 4.69) is 6.92 Å². The van der Waals surface area contributed by atoms with Gasteiger partial charge in [-0.25, -0.2) is 0 Å². The molecule has 0 aromatic heterocycles. The fraction of sp³-hybridized carbons (Fsp3) is 0.538. The average Bonchev–Trinajstić information content (AvgIpc) is 2.39. The second kappa shape index (κ2) is 8.39. The molecule has 0 saturated carbocycles. The Morgan fingerprint density at radius 2 is 2.12 bits per heavy atom. The Bertz CT molecular complexity index is 317. The first-order valence-corrected chi connectivity index (χ1v) is 6.78. The number of rotatable bonds is 8. The minimum absolute atomic E-state index is 0.0577. The van der Waals surface area contributed by atoms with Crippen LogP contribution in [0.15, 0.2) is 29.2 Å². The number of hydrogen-bond acceptors (Lipinski definition) is 4. The van der Waals surface area contributed by atoms with E-state index < -0.39 is 0 Å². The van der Waals surface area contributed by atoms with Crippen LogP contribution in [0.2, 0.25) is 0 Å². The first-order chi connectivity index (χ1) is 8.31.